The molecule has 0 radical (unpaired) electrons. The number of nitrogens with zero attached hydrogens (tertiary/aromatic N) is 1. The Morgan fingerprint density at radius 1 is 1.18 bits per heavy atom. The molecule has 2 fully saturated rings. The van der Waals surface area contributed by atoms with Crippen LogP contribution in [0.1, 0.15) is 57.1 Å². The van der Waals surface area contributed by atoms with E-state index in [1.165, 1.54) is 6.07 Å². The number of carbonyl (C=O) groups is 1. The van der Waals surface area contributed by atoms with E-state index in [9.17, 15) is 13.2 Å². The lowest BCUT2D eigenvalue weighted by molar-refractivity contribution is -0.118. The van der Waals surface area contributed by atoms with Gasteiger partial charge in [-0.25, -0.2) is 12.8 Å². The van der Waals surface area contributed by atoms with E-state index in [1.807, 2.05) is 32.9 Å². The van der Waals surface area contributed by atoms with Gasteiger partial charge in [0.25, 0.3) is 0 Å². The zero-order valence-electron chi connectivity index (χ0n) is 22.2. The number of nitrogens with one attached hydrogen (secondary N) is 2. The van der Waals surface area contributed by atoms with E-state index in [0.717, 1.165) is 5.56 Å². The summed E-state index contributed by atoms with van der Waals surface area (Å²) in [6.07, 6.45) is 2.10. The lowest BCUT2D eigenvalue weighted by atomic mass is 9.82. The number of rotatable bonds is 10. The fraction of sp³-hybridized carbons (Fsp3) is 0.536. The molecule has 1 saturated heterocycles. The van der Waals surface area contributed by atoms with E-state index in [4.69, 9.17) is 17.3 Å². The Morgan fingerprint density at radius 3 is 2.50 bits per heavy atom. The SMILES string of the molecule is CC(C)[C@H](c1ccc(Cl)cc1)[C@H](N)C(=O)Nc1cccc(F)c1CC[C@H]1CNC[C@@H](C)N1S(=O)(=O)C1CC1. The Bertz CT molecular complexity index is 1240. The molecule has 0 unspecified atom stereocenters. The second kappa shape index (κ2) is 12.0. The predicted molar refractivity (Wildman–Crippen MR) is 150 cm³/mol. The Morgan fingerprint density at radius 2 is 1.87 bits per heavy atom. The average molecular weight is 565 g/mol. The van der Waals surface area contributed by atoms with Crippen molar-refractivity contribution in [2.75, 3.05) is 18.4 Å². The lowest BCUT2D eigenvalue weighted by Gasteiger charge is -2.40. The maximum Gasteiger partial charge on any atom is 0.241 e. The number of anilines is 1. The molecule has 1 amide bonds. The molecule has 2 aliphatic rings. The molecule has 0 bridgehead atoms. The van der Waals surface area contributed by atoms with Gasteiger partial charge in [0.15, 0.2) is 0 Å². The number of carbonyl (C=O) groups excluding carboxylic acids is 1. The van der Waals surface area contributed by atoms with Crippen LogP contribution in [0.4, 0.5) is 10.1 Å². The summed E-state index contributed by atoms with van der Waals surface area (Å²) >= 11 is 6.04. The number of sulfonamides is 1. The monoisotopic (exact) mass is 564 g/mol. The summed E-state index contributed by atoms with van der Waals surface area (Å²) in [4.78, 5) is 13.3. The van der Waals surface area contributed by atoms with Crippen LogP contribution in [0.2, 0.25) is 5.02 Å². The highest BCUT2D eigenvalue weighted by molar-refractivity contribution is 7.90. The van der Waals surface area contributed by atoms with Crippen molar-refractivity contribution in [3.8, 4) is 0 Å². The minimum atomic E-state index is -3.38. The first-order valence-corrected chi connectivity index (χ1v) is 15.2. The molecule has 1 saturated carbocycles. The summed E-state index contributed by atoms with van der Waals surface area (Å²) in [7, 11) is -3.38. The second-order valence-corrected chi connectivity index (χ2v) is 13.4. The molecule has 2 aromatic carbocycles. The minimum Gasteiger partial charge on any atom is -0.324 e. The number of nitrogens with two attached hydrogens (primary N) is 1. The van der Waals surface area contributed by atoms with Gasteiger partial charge in [-0.1, -0.05) is 43.6 Å². The van der Waals surface area contributed by atoms with Gasteiger partial charge in [0.2, 0.25) is 15.9 Å². The number of hydrogen-bond acceptors (Lipinski definition) is 5. The normalized spacial score (nSPS) is 22.3. The molecule has 0 spiro atoms. The van der Waals surface area contributed by atoms with Crippen LogP contribution in [0.15, 0.2) is 42.5 Å². The summed E-state index contributed by atoms with van der Waals surface area (Å²) < 4.78 is 43.0. The third kappa shape index (κ3) is 6.39. The van der Waals surface area contributed by atoms with Gasteiger partial charge in [-0.15, -0.1) is 0 Å². The largest absolute Gasteiger partial charge is 0.324 e. The average Bonchev–Trinajstić information content (AvgIpc) is 3.71. The number of piperazine rings is 1. The Kier molecular flexibility index (Phi) is 9.15. The molecule has 1 heterocycles. The molecule has 4 atom stereocenters. The van der Waals surface area contributed by atoms with Gasteiger partial charge in [-0.2, -0.15) is 4.31 Å². The minimum absolute atomic E-state index is 0.0732. The van der Waals surface area contributed by atoms with Crippen molar-refractivity contribution in [3.63, 3.8) is 0 Å². The first-order chi connectivity index (χ1) is 18.0. The summed E-state index contributed by atoms with van der Waals surface area (Å²) in [5, 5.41) is 6.46. The van der Waals surface area contributed by atoms with Crippen LogP contribution in [0.3, 0.4) is 0 Å². The predicted octanol–water partition coefficient (Wildman–Crippen LogP) is 4.27. The smallest absolute Gasteiger partial charge is 0.241 e. The Balaban J connectivity index is 1.51. The van der Waals surface area contributed by atoms with E-state index in [1.54, 1.807) is 28.6 Å². The third-order valence-corrected chi connectivity index (χ3v) is 10.4. The van der Waals surface area contributed by atoms with Crippen LogP contribution in [0.5, 0.6) is 0 Å². The molecule has 2 aromatic rings. The zero-order chi connectivity index (χ0) is 27.6. The van der Waals surface area contributed by atoms with Gasteiger partial charge in [0, 0.05) is 47.4 Å². The molecule has 4 N–H and O–H groups in total. The highest BCUT2D eigenvalue weighted by atomic mass is 35.5. The van der Waals surface area contributed by atoms with Crippen LogP contribution in [0, 0.1) is 11.7 Å². The van der Waals surface area contributed by atoms with Crippen molar-refractivity contribution in [2.45, 2.75) is 75.7 Å². The summed E-state index contributed by atoms with van der Waals surface area (Å²) in [6, 6.07) is 10.5. The highest BCUT2D eigenvalue weighted by Crippen LogP contribution is 2.35. The molecule has 0 aromatic heterocycles. The Labute approximate surface area is 230 Å². The van der Waals surface area contributed by atoms with Crippen molar-refractivity contribution >= 4 is 33.2 Å². The molecule has 10 heteroatoms. The van der Waals surface area contributed by atoms with Crippen LogP contribution >= 0.6 is 11.6 Å². The van der Waals surface area contributed by atoms with Crippen LogP contribution in [-0.4, -0.2) is 55.1 Å². The van der Waals surface area contributed by atoms with Gasteiger partial charge < -0.3 is 16.4 Å². The summed E-state index contributed by atoms with van der Waals surface area (Å²) in [6.45, 7) is 7.00. The second-order valence-electron chi connectivity index (χ2n) is 10.9. The summed E-state index contributed by atoms with van der Waals surface area (Å²) in [5.41, 5.74) is 8.07. The number of amides is 1. The van der Waals surface area contributed by atoms with Gasteiger partial charge in [-0.3, -0.25) is 4.79 Å². The standard InChI is InChI=1S/C28H38ClFN4O3S/c1-17(2)26(19-7-9-20(29)10-8-19)27(31)28(35)33-25-6-4-5-24(30)23(25)14-11-21-16-32-15-18(3)34(21)38(36,37)22-12-13-22/h4-10,17-18,21-22,26-27,32H,11-16,31H2,1-3H3,(H,33,35)/t18-,21+,26-,27+/m1/s1. The maximum absolute atomic E-state index is 15.0. The third-order valence-electron chi connectivity index (χ3n) is 7.62. The first kappa shape index (κ1) is 29.0. The van der Waals surface area contributed by atoms with Crippen molar-refractivity contribution in [2.24, 2.45) is 11.7 Å². The summed E-state index contributed by atoms with van der Waals surface area (Å²) in [5.74, 6) is -1.04. The van der Waals surface area contributed by atoms with Gasteiger partial charge >= 0.3 is 0 Å². The number of benzene rings is 2. The van der Waals surface area contributed by atoms with Crippen LogP contribution in [0.25, 0.3) is 0 Å². The van der Waals surface area contributed by atoms with E-state index in [-0.39, 0.29) is 35.6 Å². The topological polar surface area (TPSA) is 105 Å². The number of halogens is 2. The van der Waals surface area contributed by atoms with Crippen molar-refractivity contribution < 1.29 is 17.6 Å². The van der Waals surface area contributed by atoms with Gasteiger partial charge in [-0.05, 0) is 68.4 Å². The molecule has 208 valence electrons. The molecule has 1 aliphatic carbocycles. The number of hydrogen-bond donors (Lipinski definition) is 3. The van der Waals surface area contributed by atoms with Crippen molar-refractivity contribution in [1.29, 1.82) is 0 Å². The van der Waals surface area contributed by atoms with Crippen LogP contribution in [-0.2, 0) is 21.2 Å². The van der Waals surface area contributed by atoms with E-state index in [0.29, 0.717) is 48.6 Å². The Hall–Kier alpha value is -2.04. The van der Waals surface area contributed by atoms with E-state index in [2.05, 4.69) is 10.6 Å². The fourth-order valence-corrected chi connectivity index (χ4v) is 7.91. The molecule has 38 heavy (non-hydrogen) atoms. The first-order valence-electron chi connectivity index (χ1n) is 13.3. The molecule has 4 rings (SSSR count). The van der Waals surface area contributed by atoms with E-state index < -0.39 is 27.8 Å². The lowest BCUT2D eigenvalue weighted by Crippen LogP contribution is -2.59. The maximum atomic E-state index is 15.0. The van der Waals surface area contributed by atoms with E-state index >= 15 is 4.39 Å². The van der Waals surface area contributed by atoms with Crippen LogP contribution < -0.4 is 16.4 Å². The molecule has 1 aliphatic heterocycles. The molecular weight excluding hydrogens is 527 g/mol. The molecular formula is C28H38ClFN4O3S. The van der Waals surface area contributed by atoms with Crippen molar-refractivity contribution in [1.82, 2.24) is 9.62 Å². The fourth-order valence-electron chi connectivity index (χ4n) is 5.54. The van der Waals surface area contributed by atoms with Gasteiger partial charge in [0.05, 0.1) is 11.3 Å². The molecule has 7 nitrogen and oxygen atoms in total. The van der Waals surface area contributed by atoms with Crippen molar-refractivity contribution in [3.05, 3.63) is 64.4 Å². The quantitative estimate of drug-likeness (QED) is 0.400. The van der Waals surface area contributed by atoms with Gasteiger partial charge in [0.1, 0.15) is 5.82 Å². The highest BCUT2D eigenvalue weighted by Gasteiger charge is 2.45. The zero-order valence-corrected chi connectivity index (χ0v) is 23.7.